The lowest BCUT2D eigenvalue weighted by Gasteiger charge is -2.20. The topological polar surface area (TPSA) is 55.8 Å². The SMILES string of the molecule is CCNC(=NCc1ccc(CN2CCCN(C)CC2)cc1)NCCc1ncc(CC)s1.I. The van der Waals surface area contributed by atoms with Crippen LogP contribution in [0.5, 0.6) is 0 Å². The Hall–Kier alpha value is -1.23. The Morgan fingerprint density at radius 2 is 1.84 bits per heavy atom. The third-order valence-corrected chi connectivity index (χ3v) is 6.79. The van der Waals surface area contributed by atoms with Crippen LogP contribution >= 0.6 is 35.3 Å². The predicted octanol–water partition coefficient (Wildman–Crippen LogP) is 3.76. The molecule has 2 heterocycles. The van der Waals surface area contributed by atoms with Crippen molar-refractivity contribution in [3.05, 3.63) is 51.5 Å². The van der Waals surface area contributed by atoms with E-state index >= 15 is 0 Å². The molecule has 1 aromatic carbocycles. The van der Waals surface area contributed by atoms with E-state index in [0.29, 0.717) is 6.54 Å². The van der Waals surface area contributed by atoms with Crippen molar-refractivity contribution in [2.45, 2.75) is 46.2 Å². The maximum Gasteiger partial charge on any atom is 0.191 e. The Kier molecular flexibility index (Phi) is 12.5. The van der Waals surface area contributed by atoms with E-state index in [1.54, 1.807) is 11.3 Å². The fraction of sp³-hybridized carbons (Fsp3) is 0.583. The minimum absolute atomic E-state index is 0. The first-order chi connectivity index (χ1) is 15.2. The van der Waals surface area contributed by atoms with E-state index < -0.39 is 0 Å². The number of nitrogens with zero attached hydrogens (tertiary/aromatic N) is 4. The molecule has 1 aromatic heterocycles. The Morgan fingerprint density at radius 3 is 2.56 bits per heavy atom. The second-order valence-electron chi connectivity index (χ2n) is 8.20. The van der Waals surface area contributed by atoms with Crippen LogP contribution in [0.4, 0.5) is 0 Å². The monoisotopic (exact) mass is 570 g/mol. The number of aliphatic imine (C=N–C) groups is 1. The van der Waals surface area contributed by atoms with Gasteiger partial charge in [0.2, 0.25) is 0 Å². The molecule has 3 rings (SSSR count). The van der Waals surface area contributed by atoms with Crippen LogP contribution in [0, 0.1) is 0 Å². The molecule has 32 heavy (non-hydrogen) atoms. The Balaban J connectivity index is 0.00000363. The first-order valence-corrected chi connectivity index (χ1v) is 12.4. The highest BCUT2D eigenvalue weighted by atomic mass is 127. The van der Waals surface area contributed by atoms with Gasteiger partial charge < -0.3 is 15.5 Å². The maximum absolute atomic E-state index is 4.76. The lowest BCUT2D eigenvalue weighted by molar-refractivity contribution is 0.269. The minimum atomic E-state index is 0. The average Bonchev–Trinajstić information content (AvgIpc) is 3.15. The van der Waals surface area contributed by atoms with Gasteiger partial charge in [-0.1, -0.05) is 31.2 Å². The molecule has 1 saturated heterocycles. The molecule has 0 bridgehead atoms. The summed E-state index contributed by atoms with van der Waals surface area (Å²) in [4.78, 5) is 15.6. The van der Waals surface area contributed by atoms with Crippen LogP contribution in [0.1, 0.15) is 41.3 Å². The Labute approximate surface area is 214 Å². The molecule has 0 spiro atoms. The van der Waals surface area contributed by atoms with E-state index in [1.165, 1.54) is 40.5 Å². The number of rotatable bonds is 9. The Bertz CT molecular complexity index is 807. The van der Waals surface area contributed by atoms with Crippen LogP contribution in [0.25, 0.3) is 0 Å². The van der Waals surface area contributed by atoms with Gasteiger partial charge in [0.15, 0.2) is 5.96 Å². The minimum Gasteiger partial charge on any atom is -0.357 e. The average molecular weight is 571 g/mol. The van der Waals surface area contributed by atoms with Gasteiger partial charge in [0.25, 0.3) is 0 Å². The molecule has 0 radical (unpaired) electrons. The van der Waals surface area contributed by atoms with Gasteiger partial charge >= 0.3 is 0 Å². The smallest absolute Gasteiger partial charge is 0.191 e. The van der Waals surface area contributed by atoms with Gasteiger partial charge in [-0.25, -0.2) is 9.98 Å². The van der Waals surface area contributed by atoms with Crippen molar-refractivity contribution in [2.75, 3.05) is 46.3 Å². The normalized spacial score (nSPS) is 15.8. The van der Waals surface area contributed by atoms with Crippen LogP contribution in [0.3, 0.4) is 0 Å². The fourth-order valence-electron chi connectivity index (χ4n) is 3.69. The quantitative estimate of drug-likeness (QED) is 0.273. The van der Waals surface area contributed by atoms with Crippen molar-refractivity contribution in [1.29, 1.82) is 0 Å². The molecule has 1 aliphatic heterocycles. The van der Waals surface area contributed by atoms with Crippen LogP contribution in [-0.2, 0) is 25.9 Å². The maximum atomic E-state index is 4.76. The second-order valence-corrected chi connectivity index (χ2v) is 9.40. The van der Waals surface area contributed by atoms with Crippen molar-refractivity contribution >= 4 is 41.3 Å². The van der Waals surface area contributed by atoms with Crippen LogP contribution in [0.2, 0.25) is 0 Å². The summed E-state index contributed by atoms with van der Waals surface area (Å²) in [7, 11) is 2.22. The van der Waals surface area contributed by atoms with E-state index in [2.05, 4.69) is 70.6 Å². The molecule has 8 heteroatoms. The molecule has 0 amide bonds. The summed E-state index contributed by atoms with van der Waals surface area (Å²) in [6, 6.07) is 8.95. The molecule has 0 saturated carbocycles. The molecule has 178 valence electrons. The van der Waals surface area contributed by atoms with Crippen LogP contribution in [-0.4, -0.2) is 67.1 Å². The number of thiazole rings is 1. The number of nitrogens with one attached hydrogen (secondary N) is 2. The number of guanidine groups is 1. The zero-order chi connectivity index (χ0) is 21.9. The van der Waals surface area contributed by atoms with Gasteiger partial charge in [-0.05, 0) is 51.0 Å². The lowest BCUT2D eigenvalue weighted by atomic mass is 10.1. The molecular formula is C24H39IN6S. The highest BCUT2D eigenvalue weighted by Crippen LogP contribution is 2.13. The molecular weight excluding hydrogens is 531 g/mol. The van der Waals surface area contributed by atoms with Gasteiger partial charge in [-0.3, -0.25) is 4.90 Å². The second kappa shape index (κ2) is 14.8. The van der Waals surface area contributed by atoms with Gasteiger partial charge in [0, 0.05) is 50.2 Å². The van der Waals surface area contributed by atoms with Crippen molar-refractivity contribution in [1.82, 2.24) is 25.4 Å². The summed E-state index contributed by atoms with van der Waals surface area (Å²) in [6.45, 7) is 12.4. The number of halogens is 1. The molecule has 1 fully saturated rings. The first kappa shape index (κ1) is 27.0. The van der Waals surface area contributed by atoms with Crippen LogP contribution in [0.15, 0.2) is 35.5 Å². The molecule has 1 aliphatic rings. The number of hydrogen-bond donors (Lipinski definition) is 2. The van der Waals surface area contributed by atoms with Gasteiger partial charge in [0.1, 0.15) is 0 Å². The summed E-state index contributed by atoms with van der Waals surface area (Å²) in [5.41, 5.74) is 2.63. The lowest BCUT2D eigenvalue weighted by Crippen LogP contribution is -2.38. The summed E-state index contributed by atoms with van der Waals surface area (Å²) in [5.74, 6) is 0.868. The van der Waals surface area contributed by atoms with Crippen molar-refractivity contribution in [2.24, 2.45) is 4.99 Å². The van der Waals surface area contributed by atoms with Crippen molar-refractivity contribution in [3.8, 4) is 0 Å². The van der Waals surface area contributed by atoms with Gasteiger partial charge in [-0.15, -0.1) is 35.3 Å². The molecule has 6 nitrogen and oxygen atoms in total. The highest BCUT2D eigenvalue weighted by molar-refractivity contribution is 14.0. The van der Waals surface area contributed by atoms with Gasteiger partial charge in [-0.2, -0.15) is 0 Å². The third kappa shape index (κ3) is 9.33. The number of aryl methyl sites for hydroxylation is 1. The highest BCUT2D eigenvalue weighted by Gasteiger charge is 2.12. The molecule has 0 atom stereocenters. The van der Waals surface area contributed by atoms with E-state index in [1.807, 2.05) is 6.20 Å². The predicted molar refractivity (Wildman–Crippen MR) is 147 cm³/mol. The van der Waals surface area contributed by atoms with Crippen molar-refractivity contribution < 1.29 is 0 Å². The fourth-order valence-corrected chi connectivity index (χ4v) is 4.56. The van der Waals surface area contributed by atoms with E-state index in [4.69, 9.17) is 4.99 Å². The van der Waals surface area contributed by atoms with Crippen molar-refractivity contribution in [3.63, 3.8) is 0 Å². The number of likely N-dealkylation sites (N-methyl/N-ethyl adjacent to an activating group) is 1. The summed E-state index contributed by atoms with van der Waals surface area (Å²) < 4.78 is 0. The number of aromatic nitrogens is 1. The van der Waals surface area contributed by atoms with E-state index in [0.717, 1.165) is 51.5 Å². The summed E-state index contributed by atoms with van der Waals surface area (Å²) >= 11 is 1.81. The zero-order valence-corrected chi connectivity index (χ0v) is 22.9. The third-order valence-electron chi connectivity index (χ3n) is 5.59. The van der Waals surface area contributed by atoms with E-state index in [9.17, 15) is 0 Å². The molecule has 2 N–H and O–H groups in total. The van der Waals surface area contributed by atoms with Crippen LogP contribution < -0.4 is 10.6 Å². The molecule has 0 unspecified atom stereocenters. The number of hydrogen-bond acceptors (Lipinski definition) is 5. The zero-order valence-electron chi connectivity index (χ0n) is 19.8. The first-order valence-electron chi connectivity index (χ1n) is 11.6. The summed E-state index contributed by atoms with van der Waals surface area (Å²) in [6.07, 6.45) is 5.24. The number of benzene rings is 1. The van der Waals surface area contributed by atoms with E-state index in [-0.39, 0.29) is 24.0 Å². The van der Waals surface area contributed by atoms with Gasteiger partial charge in [0.05, 0.1) is 11.6 Å². The molecule has 2 aromatic rings. The Morgan fingerprint density at radius 1 is 1.06 bits per heavy atom. The largest absolute Gasteiger partial charge is 0.357 e. The summed E-state index contributed by atoms with van der Waals surface area (Å²) in [5, 5.41) is 7.97. The standard InChI is InChI=1S/C24H38N6S.HI/c1-4-22-18-27-23(31-22)11-12-26-24(25-5-2)28-17-20-7-9-21(10-8-20)19-30-14-6-13-29(3)15-16-30;/h7-10,18H,4-6,11-17,19H2,1-3H3,(H2,25,26,28);1H. The molecule has 0 aliphatic carbocycles.